The second-order valence-electron chi connectivity index (χ2n) is 5.67. The number of nitrogens with two attached hydrogens (primary N) is 1. The molecule has 7 nitrogen and oxygen atoms in total. The van der Waals surface area contributed by atoms with Crippen LogP contribution in [0.2, 0.25) is 0 Å². The summed E-state index contributed by atoms with van der Waals surface area (Å²) in [5.41, 5.74) is 6.74. The number of carbonyl (C=O) groups excluding carboxylic acids is 3. The predicted molar refractivity (Wildman–Crippen MR) is 93.7 cm³/mol. The molecule has 0 radical (unpaired) electrons. The van der Waals surface area contributed by atoms with E-state index in [-0.39, 0.29) is 17.7 Å². The van der Waals surface area contributed by atoms with E-state index in [0.29, 0.717) is 18.0 Å². The van der Waals surface area contributed by atoms with Crippen molar-refractivity contribution in [2.45, 2.75) is 13.0 Å². The Morgan fingerprint density at radius 1 is 1.27 bits per heavy atom. The molecule has 9 heteroatoms. The van der Waals surface area contributed by atoms with Gasteiger partial charge in [0.05, 0.1) is 19.2 Å². The van der Waals surface area contributed by atoms with Crippen molar-refractivity contribution < 1.29 is 23.5 Å². The number of fused-ring (bicyclic) bond motifs is 1. The number of primary amides is 1. The number of rotatable bonds is 3. The molecule has 26 heavy (non-hydrogen) atoms. The smallest absolute Gasteiger partial charge is 0.409 e. The molecule has 3 rings (SSSR count). The molecule has 0 aliphatic carbocycles. The minimum absolute atomic E-state index is 0.254. The molecule has 2 heterocycles. The van der Waals surface area contributed by atoms with Gasteiger partial charge in [-0.3, -0.25) is 9.59 Å². The summed E-state index contributed by atoms with van der Waals surface area (Å²) < 4.78 is 17.7. The van der Waals surface area contributed by atoms with Gasteiger partial charge >= 0.3 is 6.09 Å². The van der Waals surface area contributed by atoms with Crippen molar-refractivity contribution in [2.24, 2.45) is 5.73 Å². The zero-order valence-electron chi connectivity index (χ0n) is 13.9. The number of nitrogens with zero attached hydrogens (tertiary/aromatic N) is 1. The minimum Gasteiger partial charge on any atom is -0.453 e. The lowest BCUT2D eigenvalue weighted by Gasteiger charge is -2.25. The summed E-state index contributed by atoms with van der Waals surface area (Å²) in [7, 11) is 1.30. The van der Waals surface area contributed by atoms with Crippen LogP contribution in [0.25, 0.3) is 0 Å². The second kappa shape index (κ2) is 7.12. The molecule has 0 saturated heterocycles. The van der Waals surface area contributed by atoms with Crippen LogP contribution in [0, 0.1) is 5.82 Å². The molecule has 0 fully saturated rings. The standard InChI is InChI=1S/C17H16FN3O4S/c1-25-17(24)21-7-6-11-12(8-21)26-16(13(11)14(19)22)20-15(23)9-2-4-10(18)5-3-9/h2-5H,6-8H2,1H3,(H2,19,22)(H,20,23). The summed E-state index contributed by atoms with van der Waals surface area (Å²) in [6.45, 7) is 0.668. The molecule has 3 amide bonds. The van der Waals surface area contributed by atoms with Crippen molar-refractivity contribution in [1.29, 1.82) is 0 Å². The van der Waals surface area contributed by atoms with E-state index < -0.39 is 23.7 Å². The number of ether oxygens (including phenoxy) is 1. The highest BCUT2D eigenvalue weighted by Gasteiger charge is 2.29. The van der Waals surface area contributed by atoms with Crippen LogP contribution in [0.4, 0.5) is 14.2 Å². The van der Waals surface area contributed by atoms with Crippen LogP contribution in [0.3, 0.4) is 0 Å². The Morgan fingerprint density at radius 3 is 2.58 bits per heavy atom. The largest absolute Gasteiger partial charge is 0.453 e. The van der Waals surface area contributed by atoms with E-state index in [2.05, 4.69) is 5.32 Å². The van der Waals surface area contributed by atoms with E-state index in [9.17, 15) is 18.8 Å². The maximum atomic E-state index is 13.0. The van der Waals surface area contributed by atoms with Gasteiger partial charge in [0.1, 0.15) is 10.8 Å². The monoisotopic (exact) mass is 377 g/mol. The second-order valence-corrected chi connectivity index (χ2v) is 6.78. The Kier molecular flexibility index (Phi) is 4.90. The van der Waals surface area contributed by atoms with E-state index in [1.165, 1.54) is 47.6 Å². The van der Waals surface area contributed by atoms with Crippen LogP contribution in [0.1, 0.15) is 31.2 Å². The first-order valence-electron chi connectivity index (χ1n) is 7.75. The van der Waals surface area contributed by atoms with Gasteiger partial charge in [-0.15, -0.1) is 11.3 Å². The quantitative estimate of drug-likeness (QED) is 0.857. The van der Waals surface area contributed by atoms with Crippen molar-refractivity contribution in [2.75, 3.05) is 19.0 Å². The molecule has 0 spiro atoms. The molecule has 2 aromatic rings. The van der Waals surface area contributed by atoms with Crippen LogP contribution < -0.4 is 11.1 Å². The summed E-state index contributed by atoms with van der Waals surface area (Å²) >= 11 is 1.19. The van der Waals surface area contributed by atoms with E-state index in [4.69, 9.17) is 10.5 Å². The predicted octanol–water partition coefficient (Wildman–Crippen LogP) is 2.36. The van der Waals surface area contributed by atoms with Gasteiger partial charge in [0.2, 0.25) is 0 Å². The number of nitrogens with one attached hydrogen (secondary N) is 1. The third-order valence-electron chi connectivity index (χ3n) is 4.07. The zero-order chi connectivity index (χ0) is 18.8. The average molecular weight is 377 g/mol. The zero-order valence-corrected chi connectivity index (χ0v) is 14.7. The van der Waals surface area contributed by atoms with Crippen molar-refractivity contribution in [3.05, 3.63) is 51.7 Å². The number of thiophene rings is 1. The van der Waals surface area contributed by atoms with Gasteiger partial charge in [-0.05, 0) is 36.2 Å². The van der Waals surface area contributed by atoms with Gasteiger partial charge in [0.15, 0.2) is 0 Å². The lowest BCUT2D eigenvalue weighted by molar-refractivity contribution is 0.0999. The van der Waals surface area contributed by atoms with Crippen molar-refractivity contribution >= 4 is 34.2 Å². The molecule has 3 N–H and O–H groups in total. The van der Waals surface area contributed by atoms with Crippen molar-refractivity contribution in [3.8, 4) is 0 Å². The Balaban J connectivity index is 1.89. The number of amides is 3. The first-order chi connectivity index (χ1) is 12.4. The van der Waals surface area contributed by atoms with Crippen LogP contribution in [-0.4, -0.2) is 36.5 Å². The summed E-state index contributed by atoms with van der Waals surface area (Å²) in [6, 6.07) is 5.05. The topological polar surface area (TPSA) is 102 Å². The number of anilines is 1. The molecule has 1 aromatic heterocycles. The normalized spacial score (nSPS) is 13.1. The molecule has 1 aromatic carbocycles. The Hall–Kier alpha value is -2.94. The fourth-order valence-corrected chi connectivity index (χ4v) is 4.08. The van der Waals surface area contributed by atoms with Gasteiger partial charge in [-0.1, -0.05) is 0 Å². The molecule has 136 valence electrons. The van der Waals surface area contributed by atoms with Crippen molar-refractivity contribution in [3.63, 3.8) is 0 Å². The fraction of sp³-hybridized carbons (Fsp3) is 0.235. The van der Waals surface area contributed by atoms with Gasteiger partial charge in [-0.2, -0.15) is 0 Å². The number of hydrogen-bond acceptors (Lipinski definition) is 5. The lowest BCUT2D eigenvalue weighted by Crippen LogP contribution is -2.35. The molecular weight excluding hydrogens is 361 g/mol. The number of halogens is 1. The van der Waals surface area contributed by atoms with Crippen LogP contribution in [0.15, 0.2) is 24.3 Å². The summed E-state index contributed by atoms with van der Waals surface area (Å²) in [5.74, 6) is -1.58. The number of carbonyl (C=O) groups is 3. The number of hydrogen-bond donors (Lipinski definition) is 2. The maximum Gasteiger partial charge on any atom is 0.409 e. The first-order valence-corrected chi connectivity index (χ1v) is 8.56. The number of methoxy groups -OCH3 is 1. The van der Waals surface area contributed by atoms with Gasteiger partial charge < -0.3 is 20.7 Å². The van der Waals surface area contributed by atoms with Gasteiger partial charge in [0, 0.05) is 17.0 Å². The molecule has 0 saturated carbocycles. The van der Waals surface area contributed by atoms with Crippen LogP contribution >= 0.6 is 11.3 Å². The van der Waals surface area contributed by atoms with E-state index >= 15 is 0 Å². The first kappa shape index (κ1) is 17.9. The van der Waals surface area contributed by atoms with Crippen molar-refractivity contribution in [1.82, 2.24) is 4.90 Å². The lowest BCUT2D eigenvalue weighted by atomic mass is 10.0. The third-order valence-corrected chi connectivity index (χ3v) is 5.20. The highest BCUT2D eigenvalue weighted by atomic mass is 32.1. The summed E-state index contributed by atoms with van der Waals surface area (Å²) in [4.78, 5) is 38.3. The summed E-state index contributed by atoms with van der Waals surface area (Å²) in [6.07, 6.45) is -0.0207. The molecule has 1 aliphatic rings. The van der Waals surface area contributed by atoms with E-state index in [0.717, 1.165) is 10.4 Å². The van der Waals surface area contributed by atoms with Gasteiger partial charge in [-0.25, -0.2) is 9.18 Å². The Labute approximate surface area is 152 Å². The van der Waals surface area contributed by atoms with Crippen LogP contribution in [-0.2, 0) is 17.7 Å². The Bertz CT molecular complexity index is 879. The van der Waals surface area contributed by atoms with E-state index in [1.54, 1.807) is 0 Å². The van der Waals surface area contributed by atoms with Gasteiger partial charge in [0.25, 0.3) is 11.8 Å². The fourth-order valence-electron chi connectivity index (χ4n) is 2.81. The number of benzene rings is 1. The molecule has 0 bridgehead atoms. The Morgan fingerprint density at radius 2 is 1.96 bits per heavy atom. The molecule has 0 unspecified atom stereocenters. The minimum atomic E-state index is -0.650. The molecule has 0 atom stereocenters. The SMILES string of the molecule is COC(=O)N1CCc2c(sc(NC(=O)c3ccc(F)cc3)c2C(N)=O)C1. The highest BCUT2D eigenvalue weighted by molar-refractivity contribution is 7.17. The van der Waals surface area contributed by atoms with Crippen LogP contribution in [0.5, 0.6) is 0 Å². The average Bonchev–Trinajstić information content (AvgIpc) is 2.98. The van der Waals surface area contributed by atoms with E-state index in [1.807, 2.05) is 0 Å². The maximum absolute atomic E-state index is 13.0. The highest BCUT2D eigenvalue weighted by Crippen LogP contribution is 2.37. The third kappa shape index (κ3) is 3.38. The summed E-state index contributed by atoms with van der Waals surface area (Å²) in [5, 5.41) is 2.99. The molecular formula is C17H16FN3O4S. The molecule has 1 aliphatic heterocycles.